The van der Waals surface area contributed by atoms with E-state index in [2.05, 4.69) is 0 Å². The van der Waals surface area contributed by atoms with Crippen molar-refractivity contribution in [3.63, 3.8) is 0 Å². The normalized spacial score (nSPS) is 11.0. The molecular weight excluding hydrogens is 415 g/mol. The molecule has 0 amide bonds. The molecular formula is C25H22ClFN2O2. The van der Waals surface area contributed by atoms with Crippen LogP contribution in [0.15, 0.2) is 77.6 Å². The predicted octanol–water partition coefficient (Wildman–Crippen LogP) is 6.11. The van der Waals surface area contributed by atoms with Gasteiger partial charge in [-0.1, -0.05) is 23.7 Å². The lowest BCUT2D eigenvalue weighted by molar-refractivity contribution is 0.303. The summed E-state index contributed by atoms with van der Waals surface area (Å²) in [6.07, 6.45) is 2.54. The summed E-state index contributed by atoms with van der Waals surface area (Å²) in [5.74, 6) is 1.02. The third-order valence-corrected chi connectivity index (χ3v) is 5.32. The van der Waals surface area contributed by atoms with Gasteiger partial charge < -0.3 is 4.74 Å². The van der Waals surface area contributed by atoms with Gasteiger partial charge in [-0.05, 0) is 79.9 Å². The van der Waals surface area contributed by atoms with E-state index < -0.39 is 0 Å². The number of hydrogen-bond acceptors (Lipinski definition) is 3. The van der Waals surface area contributed by atoms with Gasteiger partial charge in [0.25, 0.3) is 5.56 Å². The molecule has 0 aliphatic carbocycles. The molecule has 0 aliphatic heterocycles. The summed E-state index contributed by atoms with van der Waals surface area (Å²) in [6, 6.07) is 20.8. The van der Waals surface area contributed by atoms with Crippen LogP contribution in [0.1, 0.15) is 19.3 Å². The number of nitrogens with zero attached hydrogens (tertiary/aromatic N) is 2. The van der Waals surface area contributed by atoms with E-state index in [1.54, 1.807) is 28.8 Å². The second-order valence-electron chi connectivity index (χ2n) is 7.28. The number of rotatable bonds is 8. The lowest BCUT2D eigenvalue weighted by atomic mass is 10.1. The zero-order chi connectivity index (χ0) is 21.6. The molecule has 0 saturated carbocycles. The van der Waals surface area contributed by atoms with Crippen LogP contribution in [-0.4, -0.2) is 16.2 Å². The van der Waals surface area contributed by atoms with Crippen molar-refractivity contribution in [1.29, 1.82) is 0 Å². The summed E-state index contributed by atoms with van der Waals surface area (Å²) >= 11 is 6.03. The molecule has 6 heteroatoms. The Balaban J connectivity index is 1.46. The van der Waals surface area contributed by atoms with Crippen LogP contribution < -0.4 is 10.3 Å². The maximum atomic E-state index is 13.2. The highest BCUT2D eigenvalue weighted by molar-refractivity contribution is 6.30. The zero-order valence-electron chi connectivity index (χ0n) is 16.9. The van der Waals surface area contributed by atoms with E-state index in [9.17, 15) is 9.18 Å². The standard InChI is InChI=1S/C25H22ClFN2O2/c26-19-10-8-18(9-11-19)24-28-23-7-3-2-6-22(23)25(30)29(24)16-4-1-5-17-31-21-14-12-20(27)13-15-21/h2-3,6-15H,1,4-5,16-17H2. The van der Waals surface area contributed by atoms with Gasteiger partial charge in [-0.2, -0.15) is 0 Å². The van der Waals surface area contributed by atoms with Crippen LogP contribution in [0.2, 0.25) is 5.02 Å². The van der Waals surface area contributed by atoms with Crippen molar-refractivity contribution in [3.05, 3.63) is 94.0 Å². The molecule has 0 radical (unpaired) electrons. The molecule has 0 unspecified atom stereocenters. The van der Waals surface area contributed by atoms with E-state index in [-0.39, 0.29) is 11.4 Å². The molecule has 0 spiro atoms. The van der Waals surface area contributed by atoms with Gasteiger partial charge in [0, 0.05) is 17.1 Å². The quantitative estimate of drug-likeness (QED) is 0.313. The van der Waals surface area contributed by atoms with Crippen LogP contribution in [0.3, 0.4) is 0 Å². The molecule has 4 nitrogen and oxygen atoms in total. The third-order valence-electron chi connectivity index (χ3n) is 5.07. The molecule has 1 heterocycles. The molecule has 0 bridgehead atoms. The molecule has 4 rings (SSSR count). The van der Waals surface area contributed by atoms with Crippen molar-refractivity contribution in [2.75, 3.05) is 6.61 Å². The minimum Gasteiger partial charge on any atom is -0.494 e. The van der Waals surface area contributed by atoms with E-state index in [1.165, 1.54) is 12.1 Å². The van der Waals surface area contributed by atoms with Crippen LogP contribution in [0.25, 0.3) is 22.3 Å². The fourth-order valence-electron chi connectivity index (χ4n) is 3.46. The van der Waals surface area contributed by atoms with Gasteiger partial charge in [0.15, 0.2) is 0 Å². The number of unbranched alkanes of at least 4 members (excludes halogenated alkanes) is 2. The first kappa shape index (κ1) is 21.1. The lowest BCUT2D eigenvalue weighted by Gasteiger charge is -2.14. The molecule has 0 aliphatic rings. The number of ether oxygens (including phenoxy) is 1. The molecule has 1 aromatic heterocycles. The van der Waals surface area contributed by atoms with E-state index in [1.807, 2.05) is 36.4 Å². The van der Waals surface area contributed by atoms with Crippen LogP contribution in [0.4, 0.5) is 4.39 Å². The van der Waals surface area contributed by atoms with E-state index in [0.29, 0.717) is 40.7 Å². The highest BCUT2D eigenvalue weighted by atomic mass is 35.5. The number of fused-ring (bicyclic) bond motifs is 1. The number of halogens is 2. The Morgan fingerprint density at radius 2 is 1.65 bits per heavy atom. The van der Waals surface area contributed by atoms with Crippen molar-refractivity contribution in [3.8, 4) is 17.1 Å². The fraction of sp³-hybridized carbons (Fsp3) is 0.200. The third kappa shape index (κ3) is 5.12. The molecule has 0 N–H and O–H groups in total. The van der Waals surface area contributed by atoms with Crippen molar-refractivity contribution in [2.45, 2.75) is 25.8 Å². The van der Waals surface area contributed by atoms with Crippen LogP contribution in [0.5, 0.6) is 5.75 Å². The summed E-state index contributed by atoms with van der Waals surface area (Å²) in [7, 11) is 0. The van der Waals surface area contributed by atoms with Gasteiger partial charge >= 0.3 is 0 Å². The second kappa shape index (κ2) is 9.75. The van der Waals surface area contributed by atoms with E-state index in [0.717, 1.165) is 24.8 Å². The Labute approximate surface area is 184 Å². The average Bonchev–Trinajstić information content (AvgIpc) is 2.79. The SMILES string of the molecule is O=c1c2ccccc2nc(-c2ccc(Cl)cc2)n1CCCCCOc1ccc(F)cc1. The van der Waals surface area contributed by atoms with Crippen molar-refractivity contribution in [2.24, 2.45) is 0 Å². The maximum absolute atomic E-state index is 13.2. The number of aromatic nitrogens is 2. The predicted molar refractivity (Wildman–Crippen MR) is 122 cm³/mol. The number of benzene rings is 3. The largest absolute Gasteiger partial charge is 0.494 e. The minimum atomic E-state index is -0.279. The minimum absolute atomic E-state index is 0.0434. The Kier molecular flexibility index (Phi) is 6.63. The monoisotopic (exact) mass is 436 g/mol. The topological polar surface area (TPSA) is 44.1 Å². The smallest absolute Gasteiger partial charge is 0.261 e. The van der Waals surface area contributed by atoms with Gasteiger partial charge in [0.2, 0.25) is 0 Å². The van der Waals surface area contributed by atoms with Gasteiger partial charge in [-0.15, -0.1) is 0 Å². The van der Waals surface area contributed by atoms with Gasteiger partial charge in [-0.3, -0.25) is 9.36 Å². The zero-order valence-corrected chi connectivity index (χ0v) is 17.7. The van der Waals surface area contributed by atoms with Crippen molar-refractivity contribution >= 4 is 22.5 Å². The summed E-state index contributed by atoms with van der Waals surface area (Å²) < 4.78 is 20.3. The fourth-order valence-corrected chi connectivity index (χ4v) is 3.59. The highest BCUT2D eigenvalue weighted by Crippen LogP contribution is 2.21. The number of hydrogen-bond donors (Lipinski definition) is 0. The summed E-state index contributed by atoms with van der Waals surface area (Å²) in [5, 5.41) is 1.25. The highest BCUT2D eigenvalue weighted by Gasteiger charge is 2.12. The van der Waals surface area contributed by atoms with E-state index in [4.69, 9.17) is 21.3 Å². The molecule has 0 atom stereocenters. The van der Waals surface area contributed by atoms with Crippen LogP contribution in [0, 0.1) is 5.82 Å². The molecule has 0 saturated heterocycles. The Bertz CT molecular complexity index is 1220. The Morgan fingerprint density at radius 3 is 2.42 bits per heavy atom. The van der Waals surface area contributed by atoms with Gasteiger partial charge in [-0.25, -0.2) is 9.37 Å². The molecule has 3 aromatic carbocycles. The summed E-state index contributed by atoms with van der Waals surface area (Å²) in [6.45, 7) is 1.10. The first-order chi connectivity index (χ1) is 15.1. The second-order valence-corrected chi connectivity index (χ2v) is 7.72. The Hall–Kier alpha value is -3.18. The maximum Gasteiger partial charge on any atom is 0.261 e. The Morgan fingerprint density at radius 1 is 0.903 bits per heavy atom. The first-order valence-corrected chi connectivity index (χ1v) is 10.6. The summed E-state index contributed by atoms with van der Waals surface area (Å²) in [4.78, 5) is 17.9. The van der Waals surface area contributed by atoms with Crippen molar-refractivity contribution < 1.29 is 9.13 Å². The molecule has 31 heavy (non-hydrogen) atoms. The van der Waals surface area contributed by atoms with Crippen LogP contribution >= 0.6 is 11.6 Å². The number of para-hydroxylation sites is 1. The average molecular weight is 437 g/mol. The molecule has 4 aromatic rings. The summed E-state index contributed by atoms with van der Waals surface area (Å²) in [5.41, 5.74) is 1.49. The first-order valence-electron chi connectivity index (χ1n) is 10.3. The van der Waals surface area contributed by atoms with Crippen LogP contribution in [-0.2, 0) is 6.54 Å². The van der Waals surface area contributed by atoms with E-state index >= 15 is 0 Å². The molecule has 0 fully saturated rings. The van der Waals surface area contributed by atoms with Gasteiger partial charge in [0.1, 0.15) is 17.4 Å². The van der Waals surface area contributed by atoms with Crippen molar-refractivity contribution in [1.82, 2.24) is 9.55 Å². The lowest BCUT2D eigenvalue weighted by Crippen LogP contribution is -2.23. The molecule has 158 valence electrons. The van der Waals surface area contributed by atoms with Gasteiger partial charge in [0.05, 0.1) is 17.5 Å².